The smallest absolute Gasteiger partial charge is 0.338 e. The average molecular weight is 414 g/mol. The highest BCUT2D eigenvalue weighted by atomic mass is 16.5. The average Bonchev–Trinajstić information content (AvgIpc) is 3.13. The maximum absolute atomic E-state index is 12.0. The second-order valence-corrected chi connectivity index (χ2v) is 8.13. The molecule has 162 valence electrons. The van der Waals surface area contributed by atoms with Crippen LogP contribution in [0.3, 0.4) is 0 Å². The van der Waals surface area contributed by atoms with Crippen molar-refractivity contribution in [2.24, 2.45) is 5.92 Å². The van der Waals surface area contributed by atoms with Crippen LogP contribution in [-0.4, -0.2) is 48.7 Å². The van der Waals surface area contributed by atoms with Crippen LogP contribution in [0.2, 0.25) is 0 Å². The largest absolute Gasteiger partial charge is 0.481 e. The Hall–Kier alpha value is -2.70. The summed E-state index contributed by atoms with van der Waals surface area (Å²) in [5.41, 5.74) is 3.45. The summed E-state index contributed by atoms with van der Waals surface area (Å²) in [6, 6.07) is 15.4. The van der Waals surface area contributed by atoms with Crippen LogP contribution in [0.5, 0.6) is 0 Å². The number of hydrogen-bond acceptors (Lipinski definition) is 5. The van der Waals surface area contributed by atoms with E-state index < -0.39 is 17.9 Å². The number of ether oxygens (including phenoxy) is 2. The number of rotatable bonds is 6. The molecule has 0 bridgehead atoms. The van der Waals surface area contributed by atoms with E-state index in [1.54, 1.807) is 18.2 Å². The predicted molar refractivity (Wildman–Crippen MR) is 115 cm³/mol. The van der Waals surface area contributed by atoms with E-state index in [4.69, 9.17) is 9.47 Å². The lowest BCUT2D eigenvalue weighted by Gasteiger charge is -2.40. The molecule has 2 heterocycles. The van der Waals surface area contributed by atoms with Gasteiger partial charge in [-0.3, -0.25) is 4.79 Å². The minimum atomic E-state index is -0.850. The zero-order chi connectivity index (χ0) is 21.1. The number of hydrogen-bond donors (Lipinski definition) is 1. The molecule has 1 spiro atoms. The van der Waals surface area contributed by atoms with Crippen molar-refractivity contribution in [2.75, 3.05) is 26.7 Å². The van der Waals surface area contributed by atoms with Gasteiger partial charge in [0.25, 0.3) is 0 Å². The van der Waals surface area contributed by atoms with Crippen molar-refractivity contribution in [3.05, 3.63) is 70.8 Å². The predicted octanol–water partition coefficient (Wildman–Crippen LogP) is 3.73. The van der Waals surface area contributed by atoms with Gasteiger partial charge in [0, 0.05) is 22.5 Å². The molecule has 1 fully saturated rings. The number of methoxy groups -OCH3 is 1. The van der Waals surface area contributed by atoms with Gasteiger partial charge in [0.05, 0.1) is 30.8 Å². The third kappa shape index (κ3) is 3.98. The number of piperidine rings is 1. The van der Waals surface area contributed by atoms with E-state index in [1.165, 1.54) is 18.2 Å². The van der Waals surface area contributed by atoms with Crippen LogP contribution in [0, 0.1) is 5.92 Å². The first-order valence-corrected chi connectivity index (χ1v) is 10.4. The van der Waals surface area contributed by atoms with Crippen LogP contribution in [0.25, 0.3) is 0 Å². The minimum Gasteiger partial charge on any atom is -0.481 e. The van der Waals surface area contributed by atoms with E-state index in [-0.39, 0.29) is 8.45 Å². The Balaban J connectivity index is 0.00000181. The van der Waals surface area contributed by atoms with Gasteiger partial charge < -0.3 is 19.5 Å². The number of aliphatic carboxylic acids is 1. The number of carboxylic acid groups (broad SMARTS) is 1. The van der Waals surface area contributed by atoms with Gasteiger partial charge in [-0.2, -0.15) is 0 Å². The van der Waals surface area contributed by atoms with E-state index in [2.05, 4.69) is 23.1 Å². The number of carboxylic acids is 1. The Kier molecular flexibility index (Phi) is 5.88. The number of benzene rings is 2. The molecule has 2 aliphatic heterocycles. The van der Waals surface area contributed by atoms with E-state index in [0.29, 0.717) is 30.7 Å². The molecule has 30 heavy (non-hydrogen) atoms. The van der Waals surface area contributed by atoms with Crippen LogP contribution < -0.4 is 0 Å². The fourth-order valence-corrected chi connectivity index (χ4v) is 4.71. The summed E-state index contributed by atoms with van der Waals surface area (Å²) in [5.74, 6) is -1.88. The molecule has 2 aromatic carbocycles. The highest BCUT2D eigenvalue weighted by Crippen LogP contribution is 2.44. The Bertz CT molecular complexity index is 943. The second-order valence-electron chi connectivity index (χ2n) is 8.13. The molecule has 6 heteroatoms. The van der Waals surface area contributed by atoms with Gasteiger partial charge >= 0.3 is 11.9 Å². The maximum atomic E-state index is 12.0. The summed E-state index contributed by atoms with van der Waals surface area (Å²) >= 11 is 0. The molecule has 1 atom stereocenters. The Labute approximate surface area is 179 Å². The van der Waals surface area contributed by atoms with Crippen molar-refractivity contribution >= 4 is 11.9 Å². The highest BCUT2D eigenvalue weighted by molar-refractivity contribution is 5.91. The van der Waals surface area contributed by atoms with E-state index in [9.17, 15) is 14.7 Å². The van der Waals surface area contributed by atoms with Crippen molar-refractivity contribution in [3.63, 3.8) is 0 Å². The molecule has 1 saturated heterocycles. The fraction of sp³-hybridized carbons (Fsp3) is 0.417. The molecule has 2 aliphatic rings. The number of carbonyl (C=O) groups is 2. The highest BCUT2D eigenvalue weighted by Gasteiger charge is 2.42. The Morgan fingerprint density at radius 3 is 2.60 bits per heavy atom. The molecule has 1 unspecified atom stereocenters. The molecular formula is C24H31NO5. The van der Waals surface area contributed by atoms with Crippen LogP contribution in [0.15, 0.2) is 48.5 Å². The maximum Gasteiger partial charge on any atom is 0.338 e. The SMILES string of the molecule is COC(=O)c1ccccc1CC(CN1CCC2(CC1)OCc1ccccc12)C(=O)O.[HH].[HH]. The summed E-state index contributed by atoms with van der Waals surface area (Å²) < 4.78 is 11.0. The molecule has 0 radical (unpaired) electrons. The lowest BCUT2D eigenvalue weighted by atomic mass is 9.83. The Morgan fingerprint density at radius 1 is 1.17 bits per heavy atom. The lowest BCUT2D eigenvalue weighted by Crippen LogP contribution is -2.45. The van der Waals surface area contributed by atoms with Crippen molar-refractivity contribution < 1.29 is 27.0 Å². The molecule has 0 aromatic heterocycles. The minimum absolute atomic E-state index is 0. The zero-order valence-corrected chi connectivity index (χ0v) is 17.2. The van der Waals surface area contributed by atoms with E-state index in [1.807, 2.05) is 12.1 Å². The van der Waals surface area contributed by atoms with Crippen LogP contribution in [-0.2, 0) is 32.9 Å². The van der Waals surface area contributed by atoms with Crippen LogP contribution >= 0.6 is 0 Å². The molecule has 0 amide bonds. The summed E-state index contributed by atoms with van der Waals surface area (Å²) in [6.07, 6.45) is 2.01. The fourth-order valence-electron chi connectivity index (χ4n) is 4.71. The van der Waals surface area contributed by atoms with Gasteiger partial charge in [0.2, 0.25) is 0 Å². The first-order valence-electron chi connectivity index (χ1n) is 10.4. The summed E-state index contributed by atoms with van der Waals surface area (Å²) in [7, 11) is 1.33. The molecule has 0 aliphatic carbocycles. The Morgan fingerprint density at radius 2 is 1.87 bits per heavy atom. The third-order valence-corrected chi connectivity index (χ3v) is 6.39. The van der Waals surface area contributed by atoms with Crippen LogP contribution in [0.4, 0.5) is 0 Å². The first kappa shape index (κ1) is 20.6. The van der Waals surface area contributed by atoms with E-state index in [0.717, 1.165) is 25.9 Å². The van der Waals surface area contributed by atoms with E-state index >= 15 is 0 Å². The number of likely N-dealkylation sites (tertiary alicyclic amines) is 1. The third-order valence-electron chi connectivity index (χ3n) is 6.39. The summed E-state index contributed by atoms with van der Waals surface area (Å²) in [5, 5.41) is 9.82. The molecule has 0 saturated carbocycles. The quantitative estimate of drug-likeness (QED) is 0.728. The van der Waals surface area contributed by atoms with Gasteiger partial charge in [-0.05, 0) is 42.0 Å². The molecule has 2 aromatic rings. The van der Waals surface area contributed by atoms with Gasteiger partial charge in [-0.25, -0.2) is 4.79 Å². The normalized spacial score (nSPS) is 18.7. The summed E-state index contributed by atoms with van der Waals surface area (Å²) in [6.45, 7) is 2.67. The second kappa shape index (κ2) is 8.58. The van der Waals surface area contributed by atoms with Crippen molar-refractivity contribution in [2.45, 2.75) is 31.5 Å². The number of esters is 1. The van der Waals surface area contributed by atoms with Crippen LogP contribution in [0.1, 0.15) is 42.7 Å². The standard InChI is InChI=1S/C24H27NO5.2H2/c1-29-23(28)20-8-4-2-6-17(20)14-19(22(26)27)15-25-12-10-24(11-13-25)21-9-5-3-7-18(21)16-30-24;;/h2-9,19H,10-16H2,1H3,(H,26,27);2*1H. The molecular weight excluding hydrogens is 382 g/mol. The number of nitrogens with zero attached hydrogens (tertiary/aromatic N) is 1. The molecule has 6 nitrogen and oxygen atoms in total. The van der Waals surface area contributed by atoms with Crippen molar-refractivity contribution in [3.8, 4) is 0 Å². The van der Waals surface area contributed by atoms with Crippen molar-refractivity contribution in [1.82, 2.24) is 4.90 Å². The molecule has 1 N–H and O–H groups in total. The zero-order valence-electron chi connectivity index (χ0n) is 17.2. The number of fused-ring (bicyclic) bond motifs is 2. The molecule has 4 rings (SSSR count). The topological polar surface area (TPSA) is 76.1 Å². The van der Waals surface area contributed by atoms with Gasteiger partial charge in [0.15, 0.2) is 0 Å². The van der Waals surface area contributed by atoms with Crippen molar-refractivity contribution in [1.29, 1.82) is 0 Å². The number of carbonyl (C=O) groups excluding carboxylic acids is 1. The lowest BCUT2D eigenvalue weighted by molar-refractivity contribution is -0.143. The van der Waals surface area contributed by atoms with Gasteiger partial charge in [-0.15, -0.1) is 0 Å². The summed E-state index contributed by atoms with van der Waals surface area (Å²) in [4.78, 5) is 26.2. The monoisotopic (exact) mass is 413 g/mol. The van der Waals surface area contributed by atoms with Gasteiger partial charge in [0.1, 0.15) is 0 Å². The first-order chi connectivity index (χ1) is 14.5. The van der Waals surface area contributed by atoms with Gasteiger partial charge in [-0.1, -0.05) is 42.5 Å².